The molecule has 13 heteroatoms. The van der Waals surface area contributed by atoms with Crippen LogP contribution in [0.2, 0.25) is 0 Å². The monoisotopic (exact) mass is 554 g/mol. The van der Waals surface area contributed by atoms with Crippen LogP contribution in [0.5, 0.6) is 0 Å². The average molecular weight is 555 g/mol. The third-order valence-electron chi connectivity index (χ3n) is 7.08. The Balaban J connectivity index is 1.19. The number of aromatic nitrogens is 1. The second kappa shape index (κ2) is 11.7. The Labute approximate surface area is 222 Å². The molecule has 210 valence electrons. The van der Waals surface area contributed by atoms with Gasteiger partial charge in [-0.3, -0.25) is 9.69 Å². The number of piperidine rings is 1. The van der Waals surface area contributed by atoms with Crippen molar-refractivity contribution < 1.29 is 31.1 Å². The predicted octanol–water partition coefficient (Wildman–Crippen LogP) is 4.61. The lowest BCUT2D eigenvalue weighted by molar-refractivity contribution is -0.138. The highest BCUT2D eigenvalue weighted by atomic mass is 19.4. The number of hydrogen-bond acceptors (Lipinski definition) is 6. The number of nitrogens with zero attached hydrogens (tertiary/aromatic N) is 5. The maximum Gasteiger partial charge on any atom is 0.417 e. The first-order chi connectivity index (χ1) is 18.4. The van der Waals surface area contributed by atoms with Gasteiger partial charge in [0, 0.05) is 70.2 Å². The van der Waals surface area contributed by atoms with Crippen LogP contribution in [0.1, 0.15) is 36.0 Å². The predicted molar refractivity (Wildman–Crippen MR) is 132 cm³/mol. The standard InChI is InChI=1S/C26H28F6N6O/c27-25(28,29)19-2-4-23(34-17-19)37-13-11-36(12-14-37)8-7-24(39)38-9-5-20(6-10-38)35-21-3-1-18(16-33)22(15-21)26(30,31)32/h1-4,15,17,20,35H,5-14H2. The lowest BCUT2D eigenvalue weighted by Gasteiger charge is -2.36. The smallest absolute Gasteiger partial charge is 0.382 e. The number of nitriles is 1. The molecule has 4 rings (SSSR count). The molecule has 0 spiro atoms. The molecule has 1 aromatic carbocycles. The van der Waals surface area contributed by atoms with E-state index >= 15 is 0 Å². The molecular formula is C26H28F6N6O. The number of likely N-dealkylation sites (tertiary alicyclic amines) is 1. The minimum absolute atomic E-state index is 0.0121. The van der Waals surface area contributed by atoms with Gasteiger partial charge in [-0.1, -0.05) is 0 Å². The quantitative estimate of drug-likeness (QED) is 0.526. The average Bonchev–Trinajstić information content (AvgIpc) is 2.91. The van der Waals surface area contributed by atoms with Crippen molar-refractivity contribution in [1.82, 2.24) is 14.8 Å². The molecule has 2 saturated heterocycles. The van der Waals surface area contributed by atoms with Crippen LogP contribution in [0.15, 0.2) is 36.5 Å². The Hall–Kier alpha value is -3.53. The fourth-order valence-electron chi connectivity index (χ4n) is 4.83. The van der Waals surface area contributed by atoms with E-state index < -0.39 is 29.0 Å². The number of benzene rings is 1. The largest absolute Gasteiger partial charge is 0.417 e. The number of pyridine rings is 1. The molecule has 0 unspecified atom stereocenters. The zero-order chi connectivity index (χ0) is 28.2. The zero-order valence-electron chi connectivity index (χ0n) is 21.0. The van der Waals surface area contributed by atoms with Gasteiger partial charge < -0.3 is 15.1 Å². The van der Waals surface area contributed by atoms with Crippen LogP contribution < -0.4 is 10.2 Å². The van der Waals surface area contributed by atoms with E-state index in [1.165, 1.54) is 12.1 Å². The van der Waals surface area contributed by atoms with Gasteiger partial charge in [0.05, 0.1) is 22.8 Å². The fraction of sp³-hybridized carbons (Fsp3) is 0.500. The molecule has 0 saturated carbocycles. The molecule has 39 heavy (non-hydrogen) atoms. The Kier molecular flexibility index (Phi) is 8.54. The summed E-state index contributed by atoms with van der Waals surface area (Å²) in [7, 11) is 0. The van der Waals surface area contributed by atoms with Crippen LogP contribution >= 0.6 is 0 Å². The molecule has 2 aromatic rings. The first-order valence-electron chi connectivity index (χ1n) is 12.6. The molecule has 2 aliphatic rings. The number of anilines is 2. The first-order valence-corrected chi connectivity index (χ1v) is 12.6. The number of hydrogen-bond donors (Lipinski definition) is 1. The molecule has 1 aromatic heterocycles. The Morgan fingerprint density at radius 3 is 2.23 bits per heavy atom. The lowest BCUT2D eigenvalue weighted by atomic mass is 10.0. The van der Waals surface area contributed by atoms with Crippen LogP contribution in [0.25, 0.3) is 0 Å². The minimum Gasteiger partial charge on any atom is -0.382 e. The van der Waals surface area contributed by atoms with Crippen molar-refractivity contribution >= 4 is 17.4 Å². The van der Waals surface area contributed by atoms with Gasteiger partial charge in [-0.25, -0.2) is 4.98 Å². The second-order valence-corrected chi connectivity index (χ2v) is 9.65. The molecule has 0 atom stereocenters. The van der Waals surface area contributed by atoms with Crippen molar-refractivity contribution in [2.45, 2.75) is 37.7 Å². The zero-order valence-corrected chi connectivity index (χ0v) is 21.0. The van der Waals surface area contributed by atoms with Gasteiger partial charge in [-0.2, -0.15) is 31.6 Å². The number of halogens is 6. The summed E-state index contributed by atoms with van der Waals surface area (Å²) in [5.74, 6) is 0.504. The van der Waals surface area contributed by atoms with Crippen molar-refractivity contribution in [2.75, 3.05) is 56.0 Å². The van der Waals surface area contributed by atoms with Gasteiger partial charge in [0.15, 0.2) is 0 Å². The Bertz CT molecular complexity index is 1180. The summed E-state index contributed by atoms with van der Waals surface area (Å²) < 4.78 is 77.9. The summed E-state index contributed by atoms with van der Waals surface area (Å²) in [5, 5.41) is 12.0. The van der Waals surface area contributed by atoms with E-state index in [2.05, 4.69) is 15.2 Å². The highest BCUT2D eigenvalue weighted by molar-refractivity contribution is 5.76. The Morgan fingerprint density at radius 2 is 1.67 bits per heavy atom. The molecule has 1 amide bonds. The van der Waals surface area contributed by atoms with E-state index in [0.717, 1.165) is 24.4 Å². The highest BCUT2D eigenvalue weighted by Crippen LogP contribution is 2.34. The molecule has 2 fully saturated rings. The fourth-order valence-corrected chi connectivity index (χ4v) is 4.83. The molecule has 1 N–H and O–H groups in total. The van der Waals surface area contributed by atoms with Gasteiger partial charge >= 0.3 is 12.4 Å². The van der Waals surface area contributed by atoms with E-state index in [-0.39, 0.29) is 17.6 Å². The molecule has 7 nitrogen and oxygen atoms in total. The van der Waals surface area contributed by atoms with Crippen LogP contribution in [0.4, 0.5) is 37.8 Å². The molecule has 0 radical (unpaired) electrons. The summed E-state index contributed by atoms with van der Waals surface area (Å²) in [6.07, 6.45) is -6.69. The number of alkyl halides is 6. The molecule has 2 aliphatic heterocycles. The summed E-state index contributed by atoms with van der Waals surface area (Å²) in [4.78, 5) is 22.5. The maximum atomic E-state index is 13.2. The van der Waals surface area contributed by atoms with Crippen molar-refractivity contribution in [2.24, 2.45) is 0 Å². The summed E-state index contributed by atoms with van der Waals surface area (Å²) in [6, 6.07) is 7.44. The van der Waals surface area contributed by atoms with E-state index in [0.29, 0.717) is 70.9 Å². The summed E-state index contributed by atoms with van der Waals surface area (Å²) in [5.41, 5.74) is -1.89. The van der Waals surface area contributed by atoms with E-state index in [1.54, 1.807) is 11.0 Å². The Morgan fingerprint density at radius 1 is 0.974 bits per heavy atom. The summed E-state index contributed by atoms with van der Waals surface area (Å²) >= 11 is 0. The maximum absolute atomic E-state index is 13.2. The molecule has 0 bridgehead atoms. The second-order valence-electron chi connectivity index (χ2n) is 9.65. The number of rotatable bonds is 6. The third-order valence-corrected chi connectivity index (χ3v) is 7.08. The van der Waals surface area contributed by atoms with Gasteiger partial charge in [0.1, 0.15) is 5.82 Å². The van der Waals surface area contributed by atoms with Crippen LogP contribution in [-0.2, 0) is 17.1 Å². The molecule has 3 heterocycles. The minimum atomic E-state index is -4.62. The lowest BCUT2D eigenvalue weighted by Crippen LogP contribution is -2.48. The van der Waals surface area contributed by atoms with Crippen molar-refractivity contribution in [3.63, 3.8) is 0 Å². The van der Waals surface area contributed by atoms with Gasteiger partial charge in [0.25, 0.3) is 0 Å². The van der Waals surface area contributed by atoms with Gasteiger partial charge in [-0.15, -0.1) is 0 Å². The highest BCUT2D eigenvalue weighted by Gasteiger charge is 2.34. The number of carbonyl (C=O) groups excluding carboxylic acids is 1. The number of nitrogens with one attached hydrogen (secondary N) is 1. The van der Waals surface area contributed by atoms with Crippen LogP contribution in [0, 0.1) is 11.3 Å². The van der Waals surface area contributed by atoms with Crippen molar-refractivity contribution in [3.8, 4) is 6.07 Å². The van der Waals surface area contributed by atoms with Crippen molar-refractivity contribution in [3.05, 3.63) is 53.2 Å². The van der Waals surface area contributed by atoms with E-state index in [9.17, 15) is 31.1 Å². The van der Waals surface area contributed by atoms with Gasteiger partial charge in [0.2, 0.25) is 5.91 Å². The molecule has 0 aliphatic carbocycles. The topological polar surface area (TPSA) is 75.5 Å². The number of piperazine rings is 1. The van der Waals surface area contributed by atoms with Crippen LogP contribution in [0.3, 0.4) is 0 Å². The number of carbonyl (C=O) groups is 1. The third kappa shape index (κ3) is 7.32. The SMILES string of the molecule is N#Cc1ccc(NC2CCN(C(=O)CCN3CCN(c4ccc(C(F)(F)F)cn4)CC3)CC2)cc1C(F)(F)F. The normalized spacial score (nSPS) is 17.7. The van der Waals surface area contributed by atoms with E-state index in [4.69, 9.17) is 5.26 Å². The molecular weight excluding hydrogens is 526 g/mol. The van der Waals surface area contributed by atoms with E-state index in [1.807, 2.05) is 4.90 Å². The summed E-state index contributed by atoms with van der Waals surface area (Å²) in [6.45, 7) is 4.05. The number of amides is 1. The van der Waals surface area contributed by atoms with Crippen LogP contribution in [-0.4, -0.2) is 72.5 Å². The van der Waals surface area contributed by atoms with Crippen molar-refractivity contribution in [1.29, 1.82) is 5.26 Å². The van der Waals surface area contributed by atoms with Gasteiger partial charge in [-0.05, 0) is 43.2 Å². The first kappa shape index (κ1) is 28.5.